The van der Waals surface area contributed by atoms with Gasteiger partial charge in [-0.15, -0.1) is 0 Å². The molecule has 1 N–H and O–H groups in total. The molecule has 0 aliphatic heterocycles. The second-order valence-corrected chi connectivity index (χ2v) is 11.7. The van der Waals surface area contributed by atoms with E-state index in [0.717, 1.165) is 44.9 Å². The highest BCUT2D eigenvalue weighted by Crippen LogP contribution is 2.61. The molecule has 0 saturated heterocycles. The zero-order valence-electron chi connectivity index (χ0n) is 19.5. The third-order valence-electron chi connectivity index (χ3n) is 9.84. The quantitative estimate of drug-likeness (QED) is 0.534. The molecular formula is C26H46O2. The van der Waals surface area contributed by atoms with E-state index in [1.165, 1.54) is 19.3 Å². The van der Waals surface area contributed by atoms with E-state index < -0.39 is 0 Å². The number of fused-ring (bicyclic) bond motifs is 3. The molecule has 3 aliphatic carbocycles. The summed E-state index contributed by atoms with van der Waals surface area (Å²) in [5, 5.41) is 11.0. The van der Waals surface area contributed by atoms with Gasteiger partial charge >= 0.3 is 0 Å². The van der Waals surface area contributed by atoms with Crippen LogP contribution in [-0.2, 0) is 4.79 Å². The van der Waals surface area contributed by atoms with E-state index in [4.69, 9.17) is 0 Å². The minimum Gasteiger partial charge on any atom is -0.393 e. The molecule has 3 aliphatic rings. The Hall–Kier alpha value is -0.370. The summed E-state index contributed by atoms with van der Waals surface area (Å²) in [6.45, 7) is 14.3. The van der Waals surface area contributed by atoms with Gasteiger partial charge < -0.3 is 5.11 Å². The SMILES string of the molecule is CCCCCC(=O)C1C[C@@H](C)[C@@H]2CC[C@]3(C)C(O)CC[C@@H](C)[C@H]3C[C@@H]1C2(C)C. The number of unbranched alkanes of at least 4 members (excludes halogenated alkanes) is 2. The van der Waals surface area contributed by atoms with Crippen LogP contribution >= 0.6 is 0 Å². The van der Waals surface area contributed by atoms with Crippen LogP contribution in [0, 0.1) is 46.3 Å². The summed E-state index contributed by atoms with van der Waals surface area (Å²) in [7, 11) is 0. The van der Waals surface area contributed by atoms with E-state index in [1.54, 1.807) is 0 Å². The van der Waals surface area contributed by atoms with Crippen LogP contribution in [0.3, 0.4) is 0 Å². The molecule has 3 rings (SSSR count). The molecule has 2 heteroatoms. The highest BCUT2D eigenvalue weighted by atomic mass is 16.3. The average molecular weight is 391 g/mol. The Kier molecular flexibility index (Phi) is 6.70. The number of ketones is 1. The van der Waals surface area contributed by atoms with Crippen LogP contribution in [-0.4, -0.2) is 17.0 Å². The first-order valence-electron chi connectivity index (χ1n) is 12.3. The fraction of sp³-hybridized carbons (Fsp3) is 0.962. The van der Waals surface area contributed by atoms with E-state index in [0.29, 0.717) is 35.4 Å². The molecule has 28 heavy (non-hydrogen) atoms. The molecule has 0 aromatic heterocycles. The smallest absolute Gasteiger partial charge is 0.136 e. The highest BCUT2D eigenvalue weighted by molar-refractivity contribution is 5.81. The number of aliphatic hydroxyl groups excluding tert-OH is 1. The van der Waals surface area contributed by atoms with Crippen LogP contribution in [0.5, 0.6) is 0 Å². The van der Waals surface area contributed by atoms with E-state index in [-0.39, 0.29) is 22.9 Å². The van der Waals surface area contributed by atoms with E-state index >= 15 is 0 Å². The number of rotatable bonds is 5. The summed E-state index contributed by atoms with van der Waals surface area (Å²) in [4.78, 5) is 13.3. The predicted molar refractivity (Wildman–Crippen MR) is 117 cm³/mol. The molecule has 0 spiro atoms. The molecule has 8 atom stereocenters. The van der Waals surface area contributed by atoms with Gasteiger partial charge in [0.1, 0.15) is 5.78 Å². The fourth-order valence-electron chi connectivity index (χ4n) is 7.91. The van der Waals surface area contributed by atoms with Crippen LogP contribution in [0.4, 0.5) is 0 Å². The molecule has 2 unspecified atom stereocenters. The molecule has 3 saturated carbocycles. The number of carbonyl (C=O) groups is 1. The fourth-order valence-corrected chi connectivity index (χ4v) is 7.91. The van der Waals surface area contributed by atoms with Gasteiger partial charge in [0.25, 0.3) is 0 Å². The maximum atomic E-state index is 13.3. The standard InChI is InChI=1S/C26H46O2/c1-7-8-9-10-23(27)19-15-18(3)20-13-14-26(6)21(16-22(19)25(20,4)5)17(2)11-12-24(26)28/h17-22,24,28H,7-16H2,1-6H3/t17-,18-,19?,20+,21-,22+,24?,26+/m1/s1. The Morgan fingerprint density at radius 3 is 2.32 bits per heavy atom. The molecule has 0 heterocycles. The Morgan fingerprint density at radius 1 is 0.929 bits per heavy atom. The first-order chi connectivity index (χ1) is 13.1. The Bertz CT molecular complexity index is 553. The average Bonchev–Trinajstić information content (AvgIpc) is 2.62. The van der Waals surface area contributed by atoms with Crippen molar-refractivity contribution in [1.29, 1.82) is 0 Å². The number of carbonyl (C=O) groups excluding carboxylic acids is 1. The number of aliphatic hydroxyl groups is 1. The minimum atomic E-state index is -0.162. The van der Waals surface area contributed by atoms with Crippen molar-refractivity contribution in [3.05, 3.63) is 0 Å². The van der Waals surface area contributed by atoms with E-state index in [2.05, 4.69) is 41.5 Å². The summed E-state index contributed by atoms with van der Waals surface area (Å²) < 4.78 is 0. The largest absolute Gasteiger partial charge is 0.393 e. The van der Waals surface area contributed by atoms with Gasteiger partial charge in [0.15, 0.2) is 0 Å². The van der Waals surface area contributed by atoms with Crippen molar-refractivity contribution >= 4 is 5.78 Å². The van der Waals surface area contributed by atoms with Gasteiger partial charge in [0.05, 0.1) is 6.10 Å². The topological polar surface area (TPSA) is 37.3 Å². The number of hydrogen-bond donors (Lipinski definition) is 1. The van der Waals surface area contributed by atoms with Gasteiger partial charge in [0, 0.05) is 12.3 Å². The van der Waals surface area contributed by atoms with Crippen LogP contribution < -0.4 is 0 Å². The third-order valence-corrected chi connectivity index (χ3v) is 9.84. The molecule has 3 fully saturated rings. The third kappa shape index (κ3) is 3.84. The van der Waals surface area contributed by atoms with Gasteiger partial charge in [-0.05, 0) is 85.4 Å². The van der Waals surface area contributed by atoms with Crippen molar-refractivity contribution in [1.82, 2.24) is 0 Å². The van der Waals surface area contributed by atoms with Crippen molar-refractivity contribution < 1.29 is 9.90 Å². The lowest BCUT2D eigenvalue weighted by Crippen LogP contribution is -2.55. The van der Waals surface area contributed by atoms with Gasteiger partial charge in [-0.25, -0.2) is 0 Å². The van der Waals surface area contributed by atoms with Crippen molar-refractivity contribution in [2.24, 2.45) is 46.3 Å². The second-order valence-electron chi connectivity index (χ2n) is 11.7. The number of Topliss-reactive ketones (excluding diaryl/α,β-unsaturated/α-hetero) is 1. The van der Waals surface area contributed by atoms with Crippen molar-refractivity contribution in [3.8, 4) is 0 Å². The zero-order valence-corrected chi connectivity index (χ0v) is 19.5. The van der Waals surface area contributed by atoms with Gasteiger partial charge in [-0.2, -0.15) is 0 Å². The Balaban J connectivity index is 1.92. The van der Waals surface area contributed by atoms with Crippen molar-refractivity contribution in [2.45, 2.75) is 112 Å². The highest BCUT2D eigenvalue weighted by Gasteiger charge is 2.56. The molecule has 0 aromatic rings. The summed E-state index contributed by atoms with van der Waals surface area (Å²) in [5.74, 6) is 3.79. The van der Waals surface area contributed by atoms with Gasteiger partial charge in [0.2, 0.25) is 0 Å². The molecule has 162 valence electrons. The maximum absolute atomic E-state index is 13.3. The van der Waals surface area contributed by atoms with Crippen LogP contribution in [0.1, 0.15) is 106 Å². The monoisotopic (exact) mass is 390 g/mol. The lowest BCUT2D eigenvalue weighted by atomic mass is 9.45. The minimum absolute atomic E-state index is 0.0392. The summed E-state index contributed by atoms with van der Waals surface area (Å²) in [6, 6.07) is 0. The first-order valence-corrected chi connectivity index (χ1v) is 12.3. The first kappa shape index (κ1) is 22.3. The Labute approximate surface area is 174 Å². The summed E-state index contributed by atoms with van der Waals surface area (Å²) in [5.41, 5.74) is 0.268. The molecular weight excluding hydrogens is 344 g/mol. The zero-order chi connectivity index (χ0) is 20.7. The van der Waals surface area contributed by atoms with Crippen molar-refractivity contribution in [3.63, 3.8) is 0 Å². The molecule has 0 amide bonds. The molecule has 2 nitrogen and oxygen atoms in total. The lowest BCUT2D eigenvalue weighted by Gasteiger charge is -2.59. The maximum Gasteiger partial charge on any atom is 0.136 e. The van der Waals surface area contributed by atoms with Crippen LogP contribution in [0.25, 0.3) is 0 Å². The lowest BCUT2D eigenvalue weighted by molar-refractivity contribution is -0.150. The van der Waals surface area contributed by atoms with E-state index in [9.17, 15) is 9.90 Å². The van der Waals surface area contributed by atoms with Gasteiger partial charge in [-0.1, -0.05) is 54.4 Å². The summed E-state index contributed by atoms with van der Waals surface area (Å²) >= 11 is 0. The van der Waals surface area contributed by atoms with Crippen LogP contribution in [0.2, 0.25) is 0 Å². The summed E-state index contributed by atoms with van der Waals surface area (Å²) in [6.07, 6.45) is 10.8. The predicted octanol–water partition coefficient (Wildman–Crippen LogP) is 6.65. The normalized spacial score (nSPS) is 45.6. The van der Waals surface area contributed by atoms with E-state index in [1.807, 2.05) is 0 Å². The molecule has 2 bridgehead atoms. The van der Waals surface area contributed by atoms with Crippen LogP contribution in [0.15, 0.2) is 0 Å². The van der Waals surface area contributed by atoms with Gasteiger partial charge in [-0.3, -0.25) is 4.79 Å². The Morgan fingerprint density at radius 2 is 1.64 bits per heavy atom. The number of hydrogen-bond acceptors (Lipinski definition) is 2. The second kappa shape index (κ2) is 8.40. The molecule has 0 radical (unpaired) electrons. The van der Waals surface area contributed by atoms with Crippen molar-refractivity contribution in [2.75, 3.05) is 0 Å². The molecule has 0 aromatic carbocycles.